The van der Waals surface area contributed by atoms with Crippen molar-refractivity contribution < 1.29 is 0 Å². The van der Waals surface area contributed by atoms with Gasteiger partial charge in [-0.3, -0.25) is 9.97 Å². The summed E-state index contributed by atoms with van der Waals surface area (Å²) in [7, 11) is 0. The van der Waals surface area contributed by atoms with Gasteiger partial charge in [0.15, 0.2) is 0 Å². The molecule has 0 aliphatic carbocycles. The highest BCUT2D eigenvalue weighted by Crippen LogP contribution is 2.38. The molecule has 0 saturated carbocycles. The van der Waals surface area contributed by atoms with Gasteiger partial charge in [0.05, 0.1) is 22.4 Å². The molecule has 3 heterocycles. The Morgan fingerprint density at radius 2 is 1.29 bits per heavy atom. The number of para-hydroxylation sites is 1. The van der Waals surface area contributed by atoms with Gasteiger partial charge in [-0.05, 0) is 58.5 Å². The second-order valence-corrected chi connectivity index (χ2v) is 11.7. The third-order valence-corrected chi connectivity index (χ3v) is 9.06. The van der Waals surface area contributed by atoms with Crippen molar-refractivity contribution in [1.82, 2.24) is 15.0 Å². The number of benzene rings is 6. The summed E-state index contributed by atoms with van der Waals surface area (Å²) in [5.41, 5.74) is 9.58. The van der Waals surface area contributed by atoms with Gasteiger partial charge >= 0.3 is 0 Å². The van der Waals surface area contributed by atoms with Crippen molar-refractivity contribution in [2.24, 2.45) is 0 Å². The first-order valence-electron chi connectivity index (χ1n) is 15.3. The van der Waals surface area contributed by atoms with Crippen LogP contribution in [0.25, 0.3) is 87.8 Å². The Bertz CT molecular complexity index is 2590. The fourth-order valence-corrected chi connectivity index (χ4v) is 6.89. The van der Waals surface area contributed by atoms with Gasteiger partial charge in [-0.1, -0.05) is 109 Å². The maximum Gasteiger partial charge on any atom is 0.0788 e. The second-order valence-electron chi connectivity index (χ2n) is 11.7. The normalized spacial score (nSPS) is 11.7. The smallest absolute Gasteiger partial charge is 0.0788 e. The van der Waals surface area contributed by atoms with E-state index in [2.05, 4.69) is 134 Å². The molecule has 6 aromatic carbocycles. The molecule has 0 amide bonds. The van der Waals surface area contributed by atoms with Crippen LogP contribution in [0.2, 0.25) is 0 Å². The van der Waals surface area contributed by atoms with Gasteiger partial charge in [0, 0.05) is 56.0 Å². The van der Waals surface area contributed by atoms with Crippen molar-refractivity contribution in [2.45, 2.75) is 6.92 Å². The van der Waals surface area contributed by atoms with Crippen LogP contribution in [0.15, 0.2) is 146 Å². The standard InChI is InChI=1S/C42H27N3/c1-26-15-19-33(34-20-17-28-11-7-23-43-42(28)39(26)34)37-22-18-31(25-44-37)29-9-6-10-30(24-29)41-36-21-16-27-8-2-3-12-32(27)40(36)35-13-4-5-14-38(35)45-41/h2-25H,1H3. The van der Waals surface area contributed by atoms with E-state index < -0.39 is 0 Å². The van der Waals surface area contributed by atoms with E-state index in [1.165, 1.54) is 37.9 Å². The Morgan fingerprint density at radius 3 is 2.20 bits per heavy atom. The van der Waals surface area contributed by atoms with Gasteiger partial charge in [0.1, 0.15) is 0 Å². The molecule has 0 N–H and O–H groups in total. The maximum atomic E-state index is 5.21. The van der Waals surface area contributed by atoms with E-state index in [0.717, 1.165) is 55.4 Å². The molecule has 9 aromatic rings. The number of pyridine rings is 3. The molecule has 3 heteroatoms. The van der Waals surface area contributed by atoms with Crippen LogP contribution in [0, 0.1) is 6.92 Å². The summed E-state index contributed by atoms with van der Waals surface area (Å²) in [6, 6.07) is 47.3. The molecule has 9 rings (SSSR count). The number of nitrogens with zero attached hydrogens (tertiary/aromatic N) is 3. The number of fused-ring (bicyclic) bond motifs is 8. The van der Waals surface area contributed by atoms with E-state index in [4.69, 9.17) is 15.0 Å². The Labute approximate surface area is 260 Å². The predicted octanol–water partition coefficient (Wildman–Crippen LogP) is 10.9. The summed E-state index contributed by atoms with van der Waals surface area (Å²) >= 11 is 0. The molecule has 0 saturated heterocycles. The highest BCUT2D eigenvalue weighted by Gasteiger charge is 2.15. The summed E-state index contributed by atoms with van der Waals surface area (Å²) in [4.78, 5) is 14.9. The van der Waals surface area contributed by atoms with E-state index in [0.29, 0.717) is 0 Å². The fraction of sp³-hybridized carbons (Fsp3) is 0.0238. The Morgan fingerprint density at radius 1 is 0.489 bits per heavy atom. The Kier molecular flexibility index (Phi) is 5.72. The molecule has 0 unspecified atom stereocenters. The quantitative estimate of drug-likeness (QED) is 0.197. The van der Waals surface area contributed by atoms with Gasteiger partial charge in [0.2, 0.25) is 0 Å². The fourth-order valence-electron chi connectivity index (χ4n) is 6.89. The molecular formula is C42H27N3. The summed E-state index contributed by atoms with van der Waals surface area (Å²) in [5, 5.41) is 9.57. The summed E-state index contributed by atoms with van der Waals surface area (Å²) < 4.78 is 0. The third kappa shape index (κ3) is 4.09. The molecule has 0 radical (unpaired) electrons. The minimum absolute atomic E-state index is 0.948. The zero-order valence-electron chi connectivity index (χ0n) is 24.7. The molecule has 0 aliphatic rings. The molecule has 0 fully saturated rings. The van der Waals surface area contributed by atoms with Gasteiger partial charge in [-0.15, -0.1) is 0 Å². The number of rotatable bonds is 3. The van der Waals surface area contributed by atoms with Crippen molar-refractivity contribution in [2.75, 3.05) is 0 Å². The average Bonchev–Trinajstić information content (AvgIpc) is 3.11. The summed E-state index contributed by atoms with van der Waals surface area (Å²) in [6.45, 7) is 2.15. The van der Waals surface area contributed by atoms with Crippen LogP contribution in [-0.4, -0.2) is 15.0 Å². The van der Waals surface area contributed by atoms with Gasteiger partial charge in [-0.25, -0.2) is 4.98 Å². The van der Waals surface area contributed by atoms with E-state index in [9.17, 15) is 0 Å². The van der Waals surface area contributed by atoms with Crippen LogP contribution >= 0.6 is 0 Å². The molecule has 0 aliphatic heterocycles. The molecule has 0 spiro atoms. The molecular weight excluding hydrogens is 546 g/mol. The van der Waals surface area contributed by atoms with Crippen molar-refractivity contribution in [3.8, 4) is 33.6 Å². The van der Waals surface area contributed by atoms with Crippen molar-refractivity contribution in [1.29, 1.82) is 0 Å². The Balaban J connectivity index is 1.16. The minimum Gasteiger partial charge on any atom is -0.256 e. The second kappa shape index (κ2) is 10.1. The van der Waals surface area contributed by atoms with Gasteiger partial charge in [-0.2, -0.15) is 0 Å². The van der Waals surface area contributed by atoms with E-state index in [1.807, 2.05) is 18.5 Å². The van der Waals surface area contributed by atoms with Crippen LogP contribution in [0.4, 0.5) is 0 Å². The maximum absolute atomic E-state index is 5.21. The zero-order valence-corrected chi connectivity index (χ0v) is 24.7. The van der Waals surface area contributed by atoms with Crippen molar-refractivity contribution >= 4 is 54.1 Å². The van der Waals surface area contributed by atoms with Gasteiger partial charge < -0.3 is 0 Å². The summed E-state index contributed by atoms with van der Waals surface area (Å²) in [6.07, 6.45) is 3.85. The highest BCUT2D eigenvalue weighted by atomic mass is 14.7. The number of hydrogen-bond donors (Lipinski definition) is 0. The number of aromatic nitrogens is 3. The topological polar surface area (TPSA) is 38.7 Å². The minimum atomic E-state index is 0.948. The summed E-state index contributed by atoms with van der Waals surface area (Å²) in [5.74, 6) is 0. The zero-order chi connectivity index (χ0) is 29.9. The first-order valence-corrected chi connectivity index (χ1v) is 15.3. The van der Waals surface area contributed by atoms with Crippen LogP contribution in [0.1, 0.15) is 5.56 Å². The average molecular weight is 574 g/mol. The number of aryl methyl sites for hydroxylation is 1. The van der Waals surface area contributed by atoms with Crippen LogP contribution in [-0.2, 0) is 0 Å². The molecule has 3 nitrogen and oxygen atoms in total. The highest BCUT2D eigenvalue weighted by molar-refractivity contribution is 6.22. The lowest BCUT2D eigenvalue weighted by Gasteiger charge is -2.14. The SMILES string of the molecule is Cc1ccc(-c2ccc(-c3cccc(-c4nc5ccccc5c5c4ccc4ccccc45)c3)cn2)c2ccc3cccnc3c12. The molecule has 0 bridgehead atoms. The molecule has 45 heavy (non-hydrogen) atoms. The Hall–Kier alpha value is -5.93. The molecule has 210 valence electrons. The largest absolute Gasteiger partial charge is 0.256 e. The lowest BCUT2D eigenvalue weighted by atomic mass is 9.94. The van der Waals surface area contributed by atoms with Crippen molar-refractivity contribution in [3.05, 3.63) is 151 Å². The van der Waals surface area contributed by atoms with E-state index in [-0.39, 0.29) is 0 Å². The van der Waals surface area contributed by atoms with E-state index >= 15 is 0 Å². The van der Waals surface area contributed by atoms with Crippen LogP contribution in [0.5, 0.6) is 0 Å². The van der Waals surface area contributed by atoms with E-state index in [1.54, 1.807) is 0 Å². The lowest BCUT2D eigenvalue weighted by Crippen LogP contribution is -1.92. The first-order chi connectivity index (χ1) is 22.2. The van der Waals surface area contributed by atoms with Crippen LogP contribution in [0.3, 0.4) is 0 Å². The monoisotopic (exact) mass is 573 g/mol. The van der Waals surface area contributed by atoms with Crippen LogP contribution < -0.4 is 0 Å². The van der Waals surface area contributed by atoms with Gasteiger partial charge in [0.25, 0.3) is 0 Å². The molecule has 0 atom stereocenters. The lowest BCUT2D eigenvalue weighted by molar-refractivity contribution is 1.33. The third-order valence-electron chi connectivity index (χ3n) is 9.06. The number of hydrogen-bond acceptors (Lipinski definition) is 3. The first kappa shape index (κ1) is 25.6. The predicted molar refractivity (Wildman–Crippen MR) is 188 cm³/mol. The molecule has 3 aromatic heterocycles. The van der Waals surface area contributed by atoms with Crippen molar-refractivity contribution in [3.63, 3.8) is 0 Å².